The lowest BCUT2D eigenvalue weighted by atomic mass is 9.41. The Bertz CT molecular complexity index is 1230. The van der Waals surface area contributed by atoms with Gasteiger partial charge in [0.2, 0.25) is 0 Å². The average Bonchev–Trinajstić information content (AvgIpc) is 3.44. The molecule has 6 rings (SSSR count). The van der Waals surface area contributed by atoms with Crippen molar-refractivity contribution in [1.82, 2.24) is 5.43 Å². The molecular weight excluding hydrogens is 500 g/mol. The van der Waals surface area contributed by atoms with Gasteiger partial charge in [0, 0.05) is 35.1 Å². The third kappa shape index (κ3) is 3.88. The maximum Gasteiger partial charge on any atom is 0.331 e. The number of cyclic esters (lactones) is 1. The van der Waals surface area contributed by atoms with Crippen LogP contribution in [-0.4, -0.2) is 62.4 Å². The Morgan fingerprint density at radius 3 is 2.51 bits per heavy atom. The van der Waals surface area contributed by atoms with Gasteiger partial charge in [-0.2, -0.15) is 5.10 Å². The fourth-order valence-electron chi connectivity index (χ4n) is 9.24. The van der Waals surface area contributed by atoms with Crippen molar-refractivity contribution in [3.8, 4) is 5.75 Å². The number of nitrogens with one attached hydrogen (secondary N) is 1. The number of aliphatic hydroxyl groups excluding tert-OH is 1. The molecule has 210 valence electrons. The summed E-state index contributed by atoms with van der Waals surface area (Å²) in [5.41, 5.74) is 0.516. The monoisotopic (exact) mass is 538 g/mol. The predicted molar refractivity (Wildman–Crippen MR) is 142 cm³/mol. The zero-order valence-corrected chi connectivity index (χ0v) is 22.3. The Morgan fingerprint density at radius 1 is 1.05 bits per heavy atom. The second-order valence-electron chi connectivity index (χ2n) is 12.8. The van der Waals surface area contributed by atoms with E-state index in [2.05, 4.69) is 17.5 Å². The molecule has 0 unspecified atom stereocenters. The highest BCUT2D eigenvalue weighted by Gasteiger charge is 2.71. The summed E-state index contributed by atoms with van der Waals surface area (Å²) in [4.78, 5) is 24.5. The number of aromatic hydroxyl groups is 1. The molecule has 0 saturated heterocycles. The van der Waals surface area contributed by atoms with Crippen LogP contribution in [0.15, 0.2) is 41.0 Å². The summed E-state index contributed by atoms with van der Waals surface area (Å²) < 4.78 is 5.22. The maximum absolute atomic E-state index is 12.7. The lowest BCUT2D eigenvalue weighted by Gasteiger charge is -2.65. The number of hydrogen-bond acceptors (Lipinski definition) is 8. The van der Waals surface area contributed by atoms with Crippen molar-refractivity contribution in [3.05, 3.63) is 41.5 Å². The standard InChI is InChI=1S/C30H38N2O7/c1-27-10-7-23-24(30(27,38)13-9-22(27)19-14-25(35)39-16-19)8-12-29(37)15-21(34)6-11-28(23,29)17-31-32-26(36)18-2-4-20(33)5-3-18/h2-5,14,17,21-24,33-34,37-38H,6-13,15-16H2,1H3,(H,32,36)/b31-17-/t21-,22-,23+,24-,27-,28+,29-,30-/m1/s1. The first-order valence-electron chi connectivity index (χ1n) is 14.1. The highest BCUT2D eigenvalue weighted by molar-refractivity contribution is 5.94. The molecule has 0 aromatic heterocycles. The highest BCUT2D eigenvalue weighted by atomic mass is 16.5. The third-order valence-electron chi connectivity index (χ3n) is 11.2. The van der Waals surface area contributed by atoms with E-state index < -0.39 is 34.0 Å². The minimum absolute atomic E-state index is 0.0627. The van der Waals surface area contributed by atoms with Crippen LogP contribution in [-0.2, 0) is 9.53 Å². The van der Waals surface area contributed by atoms with E-state index in [4.69, 9.17) is 4.74 Å². The molecule has 4 aliphatic carbocycles. The number of nitrogens with zero attached hydrogens (tertiary/aromatic N) is 1. The van der Waals surface area contributed by atoms with E-state index >= 15 is 0 Å². The van der Waals surface area contributed by atoms with Crippen LogP contribution in [0.3, 0.4) is 0 Å². The molecule has 0 radical (unpaired) electrons. The molecule has 4 fully saturated rings. The quantitative estimate of drug-likeness (QED) is 0.225. The number of amides is 1. The Hall–Kier alpha value is -2.75. The van der Waals surface area contributed by atoms with E-state index in [0.29, 0.717) is 37.7 Å². The van der Waals surface area contributed by atoms with Gasteiger partial charge in [-0.15, -0.1) is 0 Å². The molecule has 5 N–H and O–H groups in total. The number of fused-ring (bicyclic) bond motifs is 5. The van der Waals surface area contributed by atoms with E-state index in [-0.39, 0.29) is 42.5 Å². The highest BCUT2D eigenvalue weighted by Crippen LogP contribution is 2.70. The van der Waals surface area contributed by atoms with Crippen LogP contribution in [0.4, 0.5) is 0 Å². The number of benzene rings is 1. The lowest BCUT2D eigenvalue weighted by Crippen LogP contribution is -2.68. The summed E-state index contributed by atoms with van der Waals surface area (Å²) in [5.74, 6) is -0.777. The molecule has 1 aliphatic heterocycles. The minimum Gasteiger partial charge on any atom is -0.508 e. The number of hydrogen-bond donors (Lipinski definition) is 5. The molecule has 4 saturated carbocycles. The largest absolute Gasteiger partial charge is 0.508 e. The molecule has 8 atom stereocenters. The number of ether oxygens (including phenoxy) is 1. The van der Waals surface area contributed by atoms with Crippen LogP contribution in [0.25, 0.3) is 0 Å². The van der Waals surface area contributed by atoms with E-state index in [1.54, 1.807) is 12.3 Å². The molecule has 1 aromatic carbocycles. The zero-order chi connectivity index (χ0) is 27.6. The van der Waals surface area contributed by atoms with E-state index in [9.17, 15) is 30.0 Å². The number of hydrazone groups is 1. The van der Waals surface area contributed by atoms with E-state index in [0.717, 1.165) is 24.8 Å². The predicted octanol–water partition coefficient (Wildman–Crippen LogP) is 2.82. The lowest BCUT2D eigenvalue weighted by molar-refractivity contribution is -0.237. The minimum atomic E-state index is -1.20. The van der Waals surface area contributed by atoms with Gasteiger partial charge in [-0.3, -0.25) is 4.79 Å². The fraction of sp³-hybridized carbons (Fsp3) is 0.633. The Kier molecular flexibility index (Phi) is 6.21. The van der Waals surface area contributed by atoms with Crippen molar-refractivity contribution in [2.45, 2.75) is 82.0 Å². The first kappa shape index (κ1) is 26.5. The summed E-state index contributed by atoms with van der Waals surface area (Å²) in [5, 5.41) is 49.0. The van der Waals surface area contributed by atoms with E-state index in [1.807, 2.05) is 0 Å². The van der Waals surface area contributed by atoms with Gasteiger partial charge in [0.25, 0.3) is 5.91 Å². The fourth-order valence-corrected chi connectivity index (χ4v) is 9.24. The number of carbonyl (C=O) groups excluding carboxylic acids is 2. The third-order valence-corrected chi connectivity index (χ3v) is 11.2. The van der Waals surface area contributed by atoms with Crippen LogP contribution in [0.5, 0.6) is 5.75 Å². The smallest absolute Gasteiger partial charge is 0.331 e. The van der Waals surface area contributed by atoms with Gasteiger partial charge >= 0.3 is 5.97 Å². The van der Waals surface area contributed by atoms with Crippen LogP contribution in [0.1, 0.15) is 75.1 Å². The average molecular weight is 539 g/mol. The molecule has 0 bridgehead atoms. The Morgan fingerprint density at radius 2 is 1.79 bits per heavy atom. The number of rotatable bonds is 4. The van der Waals surface area contributed by atoms with Crippen molar-refractivity contribution in [3.63, 3.8) is 0 Å². The number of aliphatic hydroxyl groups is 3. The summed E-state index contributed by atoms with van der Waals surface area (Å²) in [7, 11) is 0. The molecule has 1 amide bonds. The molecule has 39 heavy (non-hydrogen) atoms. The summed E-state index contributed by atoms with van der Waals surface area (Å²) in [6, 6.07) is 5.88. The Labute approximate surface area is 228 Å². The van der Waals surface area contributed by atoms with Gasteiger partial charge in [0.15, 0.2) is 0 Å². The molecule has 9 heteroatoms. The molecule has 9 nitrogen and oxygen atoms in total. The summed E-state index contributed by atoms with van der Waals surface area (Å²) >= 11 is 0. The second kappa shape index (κ2) is 9.14. The van der Waals surface area contributed by atoms with Crippen molar-refractivity contribution in [1.29, 1.82) is 0 Å². The molecule has 1 heterocycles. The van der Waals surface area contributed by atoms with Crippen molar-refractivity contribution in [2.75, 3.05) is 6.61 Å². The van der Waals surface area contributed by atoms with Gasteiger partial charge in [-0.1, -0.05) is 6.92 Å². The second-order valence-corrected chi connectivity index (χ2v) is 12.8. The van der Waals surface area contributed by atoms with Gasteiger partial charge in [0.1, 0.15) is 12.4 Å². The summed E-state index contributed by atoms with van der Waals surface area (Å²) in [6.07, 6.45) is 7.89. The molecule has 5 aliphatic rings. The number of phenols is 1. The van der Waals surface area contributed by atoms with Crippen molar-refractivity contribution < 1.29 is 34.8 Å². The van der Waals surface area contributed by atoms with Gasteiger partial charge in [-0.05, 0) is 99.0 Å². The van der Waals surface area contributed by atoms with Gasteiger partial charge in [0.05, 0.1) is 17.3 Å². The van der Waals surface area contributed by atoms with Crippen LogP contribution in [0, 0.1) is 28.6 Å². The number of esters is 1. The van der Waals surface area contributed by atoms with Crippen LogP contribution < -0.4 is 5.43 Å². The normalized spacial score (nSPS) is 43.3. The van der Waals surface area contributed by atoms with E-state index in [1.165, 1.54) is 24.3 Å². The first-order valence-corrected chi connectivity index (χ1v) is 14.1. The number of phenolic OH excluding ortho intramolecular Hbond substituents is 1. The SMILES string of the molecule is C[C@]12CC[C@H]3[C@@H](CC[C@@]4(O)C[C@H](O)CC[C@]34/C=N\NC(=O)c3ccc(O)cc3)[C@]1(O)CC[C@@H]2C1=CC(=O)OC1. The van der Waals surface area contributed by atoms with Crippen LogP contribution >= 0.6 is 0 Å². The van der Waals surface area contributed by atoms with Crippen LogP contribution in [0.2, 0.25) is 0 Å². The molecule has 0 spiro atoms. The maximum atomic E-state index is 12.7. The van der Waals surface area contributed by atoms with Crippen molar-refractivity contribution >= 4 is 18.1 Å². The summed E-state index contributed by atoms with van der Waals surface area (Å²) in [6.45, 7) is 2.44. The molecule has 1 aromatic rings. The molecular formula is C30H38N2O7. The number of carbonyl (C=O) groups is 2. The van der Waals surface area contributed by atoms with Gasteiger partial charge in [-0.25, -0.2) is 10.2 Å². The topological polar surface area (TPSA) is 149 Å². The zero-order valence-electron chi connectivity index (χ0n) is 22.3. The van der Waals surface area contributed by atoms with Gasteiger partial charge < -0.3 is 25.2 Å². The Balaban J connectivity index is 1.32. The first-order chi connectivity index (χ1) is 18.5. The van der Waals surface area contributed by atoms with Crippen molar-refractivity contribution in [2.24, 2.45) is 33.7 Å².